The lowest BCUT2D eigenvalue weighted by atomic mass is 9.82. The number of amides is 1. The number of nitrogens with zero attached hydrogens (tertiary/aromatic N) is 2. The number of aliphatic imine (C=N–C) groups is 1. The Bertz CT molecular complexity index is 948. The number of Topliss-reactive ketones (excluding diaryl/α,β-unsaturated/α-hetero) is 1. The minimum absolute atomic E-state index is 0.185. The van der Waals surface area contributed by atoms with Gasteiger partial charge in [-0.3, -0.25) is 14.5 Å². The summed E-state index contributed by atoms with van der Waals surface area (Å²) in [4.78, 5) is 31.9. The summed E-state index contributed by atoms with van der Waals surface area (Å²) in [5.41, 5.74) is 7.25. The van der Waals surface area contributed by atoms with Crippen molar-refractivity contribution in [3.05, 3.63) is 71.3 Å². The monoisotopic (exact) mass is 389 g/mol. The fraction of sp³-hybridized carbons (Fsp3) is 0.375. The molecule has 5 nitrogen and oxygen atoms in total. The van der Waals surface area contributed by atoms with E-state index >= 15 is 0 Å². The predicted octanol–water partition coefficient (Wildman–Crippen LogP) is 3.41. The lowest BCUT2D eigenvalue weighted by molar-refractivity contribution is -0.129. The zero-order valence-electron chi connectivity index (χ0n) is 16.8. The quantitative estimate of drug-likeness (QED) is 0.823. The first kappa shape index (κ1) is 19.4. The first-order valence-electron chi connectivity index (χ1n) is 10.3. The molecule has 1 heterocycles. The molecule has 2 aromatic rings. The average Bonchev–Trinajstić information content (AvgIpc) is 3.31. The Labute approximate surface area is 171 Å². The van der Waals surface area contributed by atoms with Gasteiger partial charge in [0.15, 0.2) is 11.5 Å². The predicted molar refractivity (Wildman–Crippen MR) is 113 cm³/mol. The molecule has 4 rings (SSSR count). The molecule has 29 heavy (non-hydrogen) atoms. The Morgan fingerprint density at radius 1 is 1.10 bits per heavy atom. The third-order valence-electron chi connectivity index (χ3n) is 6.17. The summed E-state index contributed by atoms with van der Waals surface area (Å²) in [6, 6.07) is 17.2. The van der Waals surface area contributed by atoms with Crippen LogP contribution in [0.5, 0.6) is 0 Å². The van der Waals surface area contributed by atoms with E-state index in [1.54, 1.807) is 7.05 Å². The molecule has 0 radical (unpaired) electrons. The Kier molecular flexibility index (Phi) is 5.22. The SMILES string of the molecule is CN1C(=O)C(c2ccccc2)(c2cccc(CC(=O)CC3CCCC3)c2)N=C1N. The molecule has 150 valence electrons. The molecule has 2 aliphatic rings. The third kappa shape index (κ3) is 3.57. The molecule has 1 aliphatic heterocycles. The second-order valence-corrected chi connectivity index (χ2v) is 8.18. The van der Waals surface area contributed by atoms with Crippen molar-refractivity contribution in [3.63, 3.8) is 0 Å². The lowest BCUT2D eigenvalue weighted by Crippen LogP contribution is -2.41. The lowest BCUT2D eigenvalue weighted by Gasteiger charge is -2.26. The molecule has 1 aliphatic carbocycles. The Hall–Kier alpha value is -2.95. The minimum atomic E-state index is -1.20. The van der Waals surface area contributed by atoms with Crippen LogP contribution in [0.4, 0.5) is 0 Å². The molecule has 0 bridgehead atoms. The molecule has 5 heteroatoms. The largest absolute Gasteiger partial charge is 0.369 e. The van der Waals surface area contributed by atoms with Crippen molar-refractivity contribution in [1.29, 1.82) is 0 Å². The number of hydrogen-bond acceptors (Lipinski definition) is 4. The topological polar surface area (TPSA) is 75.8 Å². The minimum Gasteiger partial charge on any atom is -0.369 e. The van der Waals surface area contributed by atoms with E-state index < -0.39 is 5.54 Å². The van der Waals surface area contributed by atoms with Crippen LogP contribution >= 0.6 is 0 Å². The Morgan fingerprint density at radius 3 is 2.45 bits per heavy atom. The first-order valence-corrected chi connectivity index (χ1v) is 10.3. The summed E-state index contributed by atoms with van der Waals surface area (Å²) in [6.45, 7) is 0. The van der Waals surface area contributed by atoms with Gasteiger partial charge in [-0.1, -0.05) is 80.3 Å². The molecule has 1 amide bonds. The average molecular weight is 389 g/mol. The maximum atomic E-state index is 13.3. The van der Waals surface area contributed by atoms with Gasteiger partial charge < -0.3 is 5.73 Å². The van der Waals surface area contributed by atoms with Crippen LogP contribution < -0.4 is 5.73 Å². The van der Waals surface area contributed by atoms with E-state index in [-0.39, 0.29) is 17.6 Å². The normalized spacial score (nSPS) is 22.2. The van der Waals surface area contributed by atoms with Crippen LogP contribution in [-0.2, 0) is 21.5 Å². The highest BCUT2D eigenvalue weighted by Gasteiger charge is 2.49. The zero-order chi connectivity index (χ0) is 20.4. The smallest absolute Gasteiger partial charge is 0.266 e. The summed E-state index contributed by atoms with van der Waals surface area (Å²) in [5.74, 6) is 0.814. The van der Waals surface area contributed by atoms with Gasteiger partial charge in [0.1, 0.15) is 5.78 Å². The molecular formula is C24H27N3O2. The highest BCUT2D eigenvalue weighted by Crippen LogP contribution is 2.39. The summed E-state index contributed by atoms with van der Waals surface area (Å²) in [6.07, 6.45) is 5.85. The van der Waals surface area contributed by atoms with Crippen molar-refractivity contribution < 1.29 is 9.59 Å². The Balaban J connectivity index is 1.67. The van der Waals surface area contributed by atoms with Gasteiger partial charge in [-0.05, 0) is 22.6 Å². The molecule has 1 atom stereocenters. The van der Waals surface area contributed by atoms with E-state index in [0.29, 0.717) is 18.8 Å². The van der Waals surface area contributed by atoms with Crippen molar-refractivity contribution in [2.45, 2.75) is 44.1 Å². The van der Waals surface area contributed by atoms with Crippen LogP contribution in [-0.4, -0.2) is 29.6 Å². The number of nitrogens with two attached hydrogens (primary N) is 1. The van der Waals surface area contributed by atoms with Gasteiger partial charge in [-0.2, -0.15) is 0 Å². The molecular weight excluding hydrogens is 362 g/mol. The van der Waals surface area contributed by atoms with Crippen LogP contribution in [0.3, 0.4) is 0 Å². The third-order valence-corrected chi connectivity index (χ3v) is 6.17. The summed E-state index contributed by atoms with van der Waals surface area (Å²) < 4.78 is 0. The van der Waals surface area contributed by atoms with Gasteiger partial charge in [0.25, 0.3) is 5.91 Å². The highest BCUT2D eigenvalue weighted by molar-refractivity contribution is 6.08. The number of ketones is 1. The molecule has 1 fully saturated rings. The van der Waals surface area contributed by atoms with E-state index in [9.17, 15) is 9.59 Å². The number of carbonyl (C=O) groups excluding carboxylic acids is 2. The zero-order valence-corrected chi connectivity index (χ0v) is 16.8. The van der Waals surface area contributed by atoms with Crippen LogP contribution in [0.15, 0.2) is 59.6 Å². The molecule has 0 saturated heterocycles. The van der Waals surface area contributed by atoms with Gasteiger partial charge in [-0.15, -0.1) is 0 Å². The van der Waals surface area contributed by atoms with Crippen molar-refractivity contribution in [2.75, 3.05) is 7.05 Å². The van der Waals surface area contributed by atoms with Crippen LogP contribution in [0.2, 0.25) is 0 Å². The molecule has 1 saturated carbocycles. The van der Waals surface area contributed by atoms with Crippen LogP contribution in [0.25, 0.3) is 0 Å². The van der Waals surface area contributed by atoms with Gasteiger partial charge in [-0.25, -0.2) is 4.99 Å². The fourth-order valence-electron chi connectivity index (χ4n) is 4.61. The second kappa shape index (κ2) is 7.82. The number of carbonyl (C=O) groups is 2. The highest BCUT2D eigenvalue weighted by atomic mass is 16.2. The number of benzene rings is 2. The second-order valence-electron chi connectivity index (χ2n) is 8.18. The first-order chi connectivity index (χ1) is 14.0. The van der Waals surface area contributed by atoms with Gasteiger partial charge in [0.05, 0.1) is 0 Å². The number of likely N-dealkylation sites (N-methyl/N-ethyl adjacent to an activating group) is 1. The molecule has 0 spiro atoms. The van der Waals surface area contributed by atoms with Gasteiger partial charge in [0, 0.05) is 19.9 Å². The van der Waals surface area contributed by atoms with Gasteiger partial charge in [0.2, 0.25) is 0 Å². The van der Waals surface area contributed by atoms with E-state index in [2.05, 4.69) is 4.99 Å². The molecule has 2 aromatic carbocycles. The van der Waals surface area contributed by atoms with E-state index in [4.69, 9.17) is 5.73 Å². The molecule has 0 aromatic heterocycles. The van der Waals surface area contributed by atoms with Crippen molar-refractivity contribution >= 4 is 17.6 Å². The van der Waals surface area contributed by atoms with Gasteiger partial charge >= 0.3 is 0 Å². The van der Waals surface area contributed by atoms with Crippen LogP contribution in [0.1, 0.15) is 48.8 Å². The summed E-state index contributed by atoms with van der Waals surface area (Å²) in [7, 11) is 1.64. The number of rotatable bonds is 6. The number of hydrogen-bond donors (Lipinski definition) is 1. The summed E-state index contributed by atoms with van der Waals surface area (Å²) >= 11 is 0. The Morgan fingerprint density at radius 2 is 1.79 bits per heavy atom. The summed E-state index contributed by atoms with van der Waals surface area (Å²) in [5, 5.41) is 0. The fourth-order valence-corrected chi connectivity index (χ4v) is 4.61. The standard InChI is InChI=1S/C24H27N3O2/c1-27-22(29)24(26-23(27)25,19-11-3-2-4-12-19)20-13-7-10-18(14-20)16-21(28)15-17-8-5-6-9-17/h2-4,7,10-14,17H,5-6,8-9,15-16H2,1H3,(H2,25,26). The molecule has 1 unspecified atom stereocenters. The van der Waals surface area contributed by atoms with E-state index in [1.165, 1.54) is 17.7 Å². The maximum absolute atomic E-state index is 13.3. The molecule has 2 N–H and O–H groups in total. The van der Waals surface area contributed by atoms with Crippen LogP contribution in [0, 0.1) is 5.92 Å². The van der Waals surface area contributed by atoms with E-state index in [1.807, 2.05) is 54.6 Å². The maximum Gasteiger partial charge on any atom is 0.266 e. The van der Waals surface area contributed by atoms with Crippen molar-refractivity contribution in [2.24, 2.45) is 16.6 Å². The number of guanidine groups is 1. The van der Waals surface area contributed by atoms with Crippen molar-refractivity contribution in [1.82, 2.24) is 4.90 Å². The van der Waals surface area contributed by atoms with E-state index in [0.717, 1.165) is 29.5 Å². The van der Waals surface area contributed by atoms with Crippen molar-refractivity contribution in [3.8, 4) is 0 Å².